The van der Waals surface area contributed by atoms with Gasteiger partial charge in [0.1, 0.15) is 0 Å². The Hall–Kier alpha value is -1.27. The van der Waals surface area contributed by atoms with E-state index >= 15 is 0 Å². The number of hydrogen-bond donors (Lipinski definition) is 1. The highest BCUT2D eigenvalue weighted by Gasteiger charge is 2.10. The summed E-state index contributed by atoms with van der Waals surface area (Å²) >= 11 is 3.44. The van der Waals surface area contributed by atoms with E-state index in [4.69, 9.17) is 9.47 Å². The summed E-state index contributed by atoms with van der Waals surface area (Å²) in [6.45, 7) is 1.20. The van der Waals surface area contributed by atoms with Crippen molar-refractivity contribution in [2.24, 2.45) is 0 Å². The van der Waals surface area contributed by atoms with Gasteiger partial charge in [-0.05, 0) is 33.6 Å². The van der Waals surface area contributed by atoms with Crippen LogP contribution in [0.4, 0.5) is 0 Å². The molecule has 0 bridgehead atoms. The van der Waals surface area contributed by atoms with E-state index in [1.54, 1.807) is 14.2 Å². The molecule has 0 amide bonds. The van der Waals surface area contributed by atoms with Gasteiger partial charge in [-0.25, -0.2) is 0 Å². The molecule has 0 aliphatic rings. The molecule has 1 rings (SSSR count). The fourth-order valence-electron chi connectivity index (χ4n) is 1.60. The number of carbonyl (C=O) groups excluding carboxylic acids is 1. The van der Waals surface area contributed by atoms with Crippen LogP contribution in [0, 0.1) is 0 Å². The van der Waals surface area contributed by atoms with Crippen LogP contribution in [0.3, 0.4) is 0 Å². The third-order valence-corrected chi connectivity index (χ3v) is 3.15. The van der Waals surface area contributed by atoms with Gasteiger partial charge in [-0.3, -0.25) is 4.79 Å². The first-order chi connectivity index (χ1) is 9.12. The van der Waals surface area contributed by atoms with E-state index in [0.29, 0.717) is 31.0 Å². The lowest BCUT2D eigenvalue weighted by Crippen LogP contribution is -2.18. The molecule has 0 aliphatic carbocycles. The lowest BCUT2D eigenvalue weighted by atomic mass is 10.2. The number of rotatable bonds is 7. The van der Waals surface area contributed by atoms with Gasteiger partial charge in [-0.2, -0.15) is 0 Å². The summed E-state index contributed by atoms with van der Waals surface area (Å²) < 4.78 is 15.9. The second kappa shape index (κ2) is 8.01. The van der Waals surface area contributed by atoms with Crippen LogP contribution in [0.5, 0.6) is 11.5 Å². The van der Waals surface area contributed by atoms with E-state index in [1.807, 2.05) is 12.1 Å². The molecule has 0 aromatic heterocycles. The molecular formula is C13H18BrNO4. The Morgan fingerprint density at radius 3 is 2.58 bits per heavy atom. The van der Waals surface area contributed by atoms with Crippen molar-refractivity contribution in [2.75, 3.05) is 27.9 Å². The molecule has 0 fully saturated rings. The molecule has 1 aromatic carbocycles. The molecule has 0 radical (unpaired) electrons. The molecule has 1 N–H and O–H groups in total. The smallest absolute Gasteiger partial charge is 0.306 e. The normalized spacial score (nSPS) is 10.1. The fraction of sp³-hybridized carbons (Fsp3) is 0.462. The molecule has 5 nitrogen and oxygen atoms in total. The first-order valence-corrected chi connectivity index (χ1v) is 6.59. The average Bonchev–Trinajstić information content (AvgIpc) is 2.42. The summed E-state index contributed by atoms with van der Waals surface area (Å²) in [4.78, 5) is 11.0. The maximum Gasteiger partial charge on any atom is 0.306 e. The van der Waals surface area contributed by atoms with Crippen molar-refractivity contribution in [3.8, 4) is 11.5 Å². The fourth-order valence-corrected chi connectivity index (χ4v) is 2.25. The Labute approximate surface area is 121 Å². The van der Waals surface area contributed by atoms with Gasteiger partial charge in [-0.15, -0.1) is 0 Å². The molecule has 0 unspecified atom stereocenters. The zero-order valence-electron chi connectivity index (χ0n) is 11.3. The molecule has 0 spiro atoms. The monoisotopic (exact) mass is 331 g/mol. The first kappa shape index (κ1) is 15.8. The van der Waals surface area contributed by atoms with Gasteiger partial charge in [-0.1, -0.05) is 0 Å². The van der Waals surface area contributed by atoms with Crippen LogP contribution >= 0.6 is 15.9 Å². The first-order valence-electron chi connectivity index (χ1n) is 5.80. The minimum atomic E-state index is -0.221. The Bertz CT molecular complexity index is 437. The number of benzene rings is 1. The Morgan fingerprint density at radius 2 is 2.00 bits per heavy atom. The van der Waals surface area contributed by atoms with Crippen LogP contribution in [-0.4, -0.2) is 33.8 Å². The number of ether oxygens (including phenoxy) is 3. The quantitative estimate of drug-likeness (QED) is 0.612. The summed E-state index contributed by atoms with van der Waals surface area (Å²) in [5.74, 6) is 1.11. The summed E-state index contributed by atoms with van der Waals surface area (Å²) in [5.41, 5.74) is 1.04. The lowest BCUT2D eigenvalue weighted by molar-refractivity contribution is -0.140. The molecule has 106 valence electrons. The molecular weight excluding hydrogens is 314 g/mol. The third kappa shape index (κ3) is 4.72. The summed E-state index contributed by atoms with van der Waals surface area (Å²) in [7, 11) is 4.57. The van der Waals surface area contributed by atoms with Gasteiger partial charge in [0.25, 0.3) is 0 Å². The zero-order valence-corrected chi connectivity index (χ0v) is 12.9. The van der Waals surface area contributed by atoms with Crippen molar-refractivity contribution in [1.82, 2.24) is 5.32 Å². The predicted molar refractivity (Wildman–Crippen MR) is 75.6 cm³/mol. The van der Waals surface area contributed by atoms with Crippen LogP contribution in [0.15, 0.2) is 16.6 Å². The van der Waals surface area contributed by atoms with Crippen molar-refractivity contribution in [2.45, 2.75) is 13.0 Å². The molecule has 0 heterocycles. The number of carbonyl (C=O) groups is 1. The molecule has 1 aromatic rings. The minimum absolute atomic E-state index is 0.221. The molecule has 0 saturated heterocycles. The highest BCUT2D eigenvalue weighted by Crippen LogP contribution is 2.36. The Kier molecular flexibility index (Phi) is 6.66. The van der Waals surface area contributed by atoms with Crippen molar-refractivity contribution in [1.29, 1.82) is 0 Å². The molecule has 0 saturated carbocycles. The Balaban J connectivity index is 2.59. The van der Waals surface area contributed by atoms with Gasteiger partial charge in [0.05, 0.1) is 32.2 Å². The standard InChI is InChI=1S/C13H18BrNO4/c1-17-11-7-9(6-10(14)13(11)19-3)8-15-5-4-12(16)18-2/h6-7,15H,4-5,8H2,1-3H3. The second-order valence-electron chi connectivity index (χ2n) is 3.82. The highest BCUT2D eigenvalue weighted by molar-refractivity contribution is 9.10. The van der Waals surface area contributed by atoms with Crippen molar-refractivity contribution in [3.63, 3.8) is 0 Å². The number of hydrogen-bond acceptors (Lipinski definition) is 5. The lowest BCUT2D eigenvalue weighted by Gasteiger charge is -2.12. The predicted octanol–water partition coefficient (Wildman–Crippen LogP) is 2.12. The van der Waals surface area contributed by atoms with E-state index in [0.717, 1.165) is 10.0 Å². The van der Waals surface area contributed by atoms with E-state index in [2.05, 4.69) is 26.0 Å². The van der Waals surface area contributed by atoms with Gasteiger partial charge in [0.2, 0.25) is 0 Å². The minimum Gasteiger partial charge on any atom is -0.493 e. The van der Waals surface area contributed by atoms with E-state index in [1.165, 1.54) is 7.11 Å². The molecule has 19 heavy (non-hydrogen) atoms. The van der Waals surface area contributed by atoms with E-state index in [-0.39, 0.29) is 5.97 Å². The number of esters is 1. The Morgan fingerprint density at radius 1 is 1.26 bits per heavy atom. The van der Waals surface area contributed by atoms with Gasteiger partial charge in [0, 0.05) is 13.1 Å². The van der Waals surface area contributed by atoms with Gasteiger partial charge in [0.15, 0.2) is 11.5 Å². The number of halogens is 1. The second-order valence-corrected chi connectivity index (χ2v) is 4.67. The van der Waals surface area contributed by atoms with Crippen molar-refractivity contribution < 1.29 is 19.0 Å². The van der Waals surface area contributed by atoms with Gasteiger partial charge < -0.3 is 19.5 Å². The van der Waals surface area contributed by atoms with E-state index < -0.39 is 0 Å². The maximum atomic E-state index is 11.0. The SMILES string of the molecule is COC(=O)CCNCc1cc(Br)c(OC)c(OC)c1. The summed E-state index contributed by atoms with van der Waals surface area (Å²) in [6, 6.07) is 3.85. The zero-order chi connectivity index (χ0) is 14.3. The molecule has 0 atom stereocenters. The van der Waals surface area contributed by atoms with Crippen LogP contribution < -0.4 is 14.8 Å². The maximum absolute atomic E-state index is 11.0. The van der Waals surface area contributed by atoms with Crippen molar-refractivity contribution >= 4 is 21.9 Å². The van der Waals surface area contributed by atoms with Crippen LogP contribution in [-0.2, 0) is 16.1 Å². The summed E-state index contributed by atoms with van der Waals surface area (Å²) in [5, 5.41) is 3.16. The largest absolute Gasteiger partial charge is 0.493 e. The number of methoxy groups -OCH3 is 3. The summed E-state index contributed by atoms with van der Waals surface area (Å²) in [6.07, 6.45) is 0.352. The highest BCUT2D eigenvalue weighted by atomic mass is 79.9. The number of nitrogens with one attached hydrogen (secondary N) is 1. The van der Waals surface area contributed by atoms with Crippen LogP contribution in [0.1, 0.15) is 12.0 Å². The average molecular weight is 332 g/mol. The topological polar surface area (TPSA) is 56.8 Å². The van der Waals surface area contributed by atoms with Crippen molar-refractivity contribution in [3.05, 3.63) is 22.2 Å². The molecule has 0 aliphatic heterocycles. The van der Waals surface area contributed by atoms with Gasteiger partial charge >= 0.3 is 5.97 Å². The van der Waals surface area contributed by atoms with E-state index in [9.17, 15) is 4.79 Å². The third-order valence-electron chi connectivity index (χ3n) is 2.56. The van der Waals surface area contributed by atoms with Crippen LogP contribution in [0.25, 0.3) is 0 Å². The molecule has 6 heteroatoms. The van der Waals surface area contributed by atoms with Crippen LogP contribution in [0.2, 0.25) is 0 Å².